The maximum absolute atomic E-state index is 4.24. The van der Waals surface area contributed by atoms with Crippen LogP contribution in [0.15, 0.2) is 11.6 Å². The van der Waals surface area contributed by atoms with Crippen molar-refractivity contribution in [1.29, 1.82) is 0 Å². The van der Waals surface area contributed by atoms with Crippen molar-refractivity contribution in [2.75, 3.05) is 0 Å². The van der Waals surface area contributed by atoms with Crippen molar-refractivity contribution in [3.8, 4) is 0 Å². The van der Waals surface area contributed by atoms with Crippen LogP contribution in [0.5, 0.6) is 0 Å². The Hall–Kier alpha value is -0.410. The zero-order valence-electron chi connectivity index (χ0n) is 8.42. The molecule has 1 N–H and O–H groups in total. The van der Waals surface area contributed by atoms with Crippen LogP contribution in [-0.4, -0.2) is 11.0 Å². The normalized spacial score (nSPS) is 13.1. The van der Waals surface area contributed by atoms with Gasteiger partial charge in [-0.1, -0.05) is 20.3 Å². The summed E-state index contributed by atoms with van der Waals surface area (Å²) in [5.41, 5.74) is 0. The van der Waals surface area contributed by atoms with E-state index in [1.807, 2.05) is 11.6 Å². The lowest BCUT2D eigenvalue weighted by molar-refractivity contribution is 0.462. The molecule has 0 aliphatic heterocycles. The first-order valence-corrected chi connectivity index (χ1v) is 5.86. The van der Waals surface area contributed by atoms with Gasteiger partial charge in [-0.05, 0) is 12.8 Å². The predicted octanol–water partition coefficient (Wildman–Crippen LogP) is 2.81. The highest BCUT2D eigenvalue weighted by Crippen LogP contribution is 2.06. The Kier molecular flexibility index (Phi) is 5.01. The smallest absolute Gasteiger partial charge is 0.106 e. The zero-order chi connectivity index (χ0) is 9.52. The van der Waals surface area contributed by atoms with E-state index in [1.54, 1.807) is 11.3 Å². The maximum Gasteiger partial charge on any atom is 0.106 e. The number of hydrogen-bond donors (Lipinski definition) is 1. The molecule has 13 heavy (non-hydrogen) atoms. The van der Waals surface area contributed by atoms with E-state index in [9.17, 15) is 0 Å². The minimum atomic E-state index is 0.661. The summed E-state index contributed by atoms with van der Waals surface area (Å²) < 4.78 is 0. The topological polar surface area (TPSA) is 24.9 Å². The van der Waals surface area contributed by atoms with Gasteiger partial charge in [-0.15, -0.1) is 11.3 Å². The molecule has 1 rings (SSSR count). The molecule has 0 fully saturated rings. The largest absolute Gasteiger partial charge is 0.308 e. The fourth-order valence-electron chi connectivity index (χ4n) is 1.37. The quantitative estimate of drug-likeness (QED) is 0.760. The summed E-state index contributed by atoms with van der Waals surface area (Å²) in [7, 11) is 0. The van der Waals surface area contributed by atoms with E-state index < -0.39 is 0 Å². The van der Waals surface area contributed by atoms with Crippen molar-refractivity contribution in [1.82, 2.24) is 10.3 Å². The Morgan fingerprint density at radius 1 is 1.54 bits per heavy atom. The molecule has 0 aliphatic carbocycles. The first kappa shape index (κ1) is 10.7. The highest BCUT2D eigenvalue weighted by molar-refractivity contribution is 7.09. The van der Waals surface area contributed by atoms with Gasteiger partial charge in [-0.25, -0.2) is 4.98 Å². The molecule has 3 heteroatoms. The average Bonchev–Trinajstić information content (AvgIpc) is 2.64. The van der Waals surface area contributed by atoms with Crippen molar-refractivity contribution in [2.45, 2.75) is 45.7 Å². The molecule has 1 unspecified atom stereocenters. The number of rotatable bonds is 6. The van der Waals surface area contributed by atoms with Crippen LogP contribution >= 0.6 is 11.3 Å². The number of nitrogens with zero attached hydrogens (tertiary/aromatic N) is 1. The average molecular weight is 198 g/mol. The third-order valence-electron chi connectivity index (χ3n) is 2.16. The van der Waals surface area contributed by atoms with Crippen LogP contribution < -0.4 is 5.32 Å². The van der Waals surface area contributed by atoms with Gasteiger partial charge in [0.2, 0.25) is 0 Å². The SMILES string of the molecule is CCCC(CC)NCc1nccs1. The van der Waals surface area contributed by atoms with E-state index in [-0.39, 0.29) is 0 Å². The highest BCUT2D eigenvalue weighted by Gasteiger charge is 2.04. The van der Waals surface area contributed by atoms with Crippen LogP contribution in [0.3, 0.4) is 0 Å². The fraction of sp³-hybridized carbons (Fsp3) is 0.700. The third kappa shape index (κ3) is 3.87. The molecule has 0 aromatic carbocycles. The fourth-order valence-corrected chi connectivity index (χ4v) is 1.94. The number of aromatic nitrogens is 1. The van der Waals surface area contributed by atoms with E-state index in [1.165, 1.54) is 24.3 Å². The molecule has 1 aromatic heterocycles. The van der Waals surface area contributed by atoms with Gasteiger partial charge in [0, 0.05) is 24.2 Å². The zero-order valence-corrected chi connectivity index (χ0v) is 9.23. The van der Waals surface area contributed by atoms with Crippen LogP contribution in [0.4, 0.5) is 0 Å². The summed E-state index contributed by atoms with van der Waals surface area (Å²) in [6, 6.07) is 0.661. The Morgan fingerprint density at radius 2 is 2.38 bits per heavy atom. The van der Waals surface area contributed by atoms with E-state index in [2.05, 4.69) is 24.1 Å². The summed E-state index contributed by atoms with van der Waals surface area (Å²) in [5.74, 6) is 0. The Bertz CT molecular complexity index is 209. The van der Waals surface area contributed by atoms with Crippen LogP contribution in [0.25, 0.3) is 0 Å². The van der Waals surface area contributed by atoms with E-state index in [0.717, 1.165) is 6.54 Å². The summed E-state index contributed by atoms with van der Waals surface area (Å²) >= 11 is 1.72. The minimum Gasteiger partial charge on any atom is -0.308 e. The molecule has 1 heterocycles. The lowest BCUT2D eigenvalue weighted by Crippen LogP contribution is -2.27. The predicted molar refractivity (Wildman–Crippen MR) is 57.9 cm³/mol. The molecule has 0 saturated carbocycles. The Balaban J connectivity index is 2.23. The van der Waals surface area contributed by atoms with Crippen LogP contribution in [0.2, 0.25) is 0 Å². The van der Waals surface area contributed by atoms with Gasteiger partial charge in [0.05, 0.1) is 0 Å². The molecule has 74 valence electrons. The second-order valence-electron chi connectivity index (χ2n) is 3.20. The number of thiazole rings is 1. The molecule has 0 amide bonds. The van der Waals surface area contributed by atoms with Crippen molar-refractivity contribution < 1.29 is 0 Å². The van der Waals surface area contributed by atoms with E-state index in [4.69, 9.17) is 0 Å². The summed E-state index contributed by atoms with van der Waals surface area (Å²) in [6.45, 7) is 5.39. The second kappa shape index (κ2) is 6.11. The van der Waals surface area contributed by atoms with Crippen LogP contribution in [-0.2, 0) is 6.54 Å². The van der Waals surface area contributed by atoms with Crippen LogP contribution in [0, 0.1) is 0 Å². The molecule has 1 aromatic rings. The van der Waals surface area contributed by atoms with Gasteiger partial charge in [-0.3, -0.25) is 0 Å². The maximum atomic E-state index is 4.24. The van der Waals surface area contributed by atoms with Gasteiger partial charge < -0.3 is 5.32 Å². The first-order chi connectivity index (χ1) is 6.36. The molecular weight excluding hydrogens is 180 g/mol. The molecular formula is C10H18N2S. The molecule has 0 spiro atoms. The molecule has 0 aliphatic rings. The van der Waals surface area contributed by atoms with Gasteiger partial charge in [0.25, 0.3) is 0 Å². The first-order valence-electron chi connectivity index (χ1n) is 4.98. The van der Waals surface area contributed by atoms with Gasteiger partial charge in [0.15, 0.2) is 0 Å². The minimum absolute atomic E-state index is 0.661. The highest BCUT2D eigenvalue weighted by atomic mass is 32.1. The third-order valence-corrected chi connectivity index (χ3v) is 2.93. The summed E-state index contributed by atoms with van der Waals surface area (Å²) in [5, 5.41) is 6.74. The van der Waals surface area contributed by atoms with Crippen molar-refractivity contribution in [3.63, 3.8) is 0 Å². The summed E-state index contributed by atoms with van der Waals surface area (Å²) in [6.07, 6.45) is 5.59. The van der Waals surface area contributed by atoms with E-state index >= 15 is 0 Å². The van der Waals surface area contributed by atoms with Crippen molar-refractivity contribution >= 4 is 11.3 Å². The van der Waals surface area contributed by atoms with Gasteiger partial charge in [0.1, 0.15) is 5.01 Å². The van der Waals surface area contributed by atoms with Crippen molar-refractivity contribution in [2.24, 2.45) is 0 Å². The molecule has 2 nitrogen and oxygen atoms in total. The van der Waals surface area contributed by atoms with Gasteiger partial charge >= 0.3 is 0 Å². The Labute approximate surface area is 84.4 Å². The molecule has 0 radical (unpaired) electrons. The van der Waals surface area contributed by atoms with E-state index in [0.29, 0.717) is 6.04 Å². The molecule has 0 bridgehead atoms. The van der Waals surface area contributed by atoms with Gasteiger partial charge in [-0.2, -0.15) is 0 Å². The monoisotopic (exact) mass is 198 g/mol. The molecule has 0 saturated heterocycles. The number of hydrogen-bond acceptors (Lipinski definition) is 3. The lowest BCUT2D eigenvalue weighted by Gasteiger charge is -2.14. The standard InChI is InChI=1S/C10H18N2S/c1-3-5-9(4-2)12-8-10-11-6-7-13-10/h6-7,9,12H,3-5,8H2,1-2H3. The van der Waals surface area contributed by atoms with Crippen molar-refractivity contribution in [3.05, 3.63) is 16.6 Å². The molecule has 1 atom stereocenters. The van der Waals surface area contributed by atoms with Crippen LogP contribution in [0.1, 0.15) is 38.1 Å². The Morgan fingerprint density at radius 3 is 2.92 bits per heavy atom. The second-order valence-corrected chi connectivity index (χ2v) is 4.18. The summed E-state index contributed by atoms with van der Waals surface area (Å²) in [4.78, 5) is 4.24. The lowest BCUT2D eigenvalue weighted by atomic mass is 10.1. The number of nitrogens with one attached hydrogen (secondary N) is 1.